The molecule has 0 unspecified atom stereocenters. The van der Waals surface area contributed by atoms with Crippen molar-refractivity contribution < 1.29 is 27.7 Å². The number of non-ortho nitro benzene ring substituents is 1. The first-order valence-electron chi connectivity index (χ1n) is 7.39. The van der Waals surface area contributed by atoms with Gasteiger partial charge in [0.1, 0.15) is 0 Å². The number of sulfone groups is 1. The molecule has 0 atom stereocenters. The highest BCUT2D eigenvalue weighted by atomic mass is 35.5. The van der Waals surface area contributed by atoms with E-state index in [0.717, 1.165) is 24.5 Å². The zero-order valence-electron chi connectivity index (χ0n) is 14.1. The summed E-state index contributed by atoms with van der Waals surface area (Å²) in [6.45, 7) is -0.753. The molecule has 0 aliphatic rings. The third-order valence-corrected chi connectivity index (χ3v) is 5.12. The minimum absolute atomic E-state index is 0.0333. The normalized spacial score (nSPS) is 11.0. The molecule has 0 spiro atoms. The van der Waals surface area contributed by atoms with E-state index in [1.54, 1.807) is 0 Å². The second kappa shape index (κ2) is 8.55. The Morgan fingerprint density at radius 3 is 2.39 bits per heavy atom. The molecule has 0 aliphatic heterocycles. The van der Waals surface area contributed by atoms with E-state index < -0.39 is 33.2 Å². The van der Waals surface area contributed by atoms with E-state index in [1.807, 2.05) is 0 Å². The van der Waals surface area contributed by atoms with Crippen LogP contribution in [-0.2, 0) is 19.4 Å². The van der Waals surface area contributed by atoms with Crippen LogP contribution in [0, 0.1) is 10.1 Å². The van der Waals surface area contributed by atoms with Crippen molar-refractivity contribution in [2.45, 2.75) is 4.90 Å². The molecule has 0 radical (unpaired) electrons. The van der Waals surface area contributed by atoms with Gasteiger partial charge in [0.15, 0.2) is 16.4 Å². The van der Waals surface area contributed by atoms with Crippen molar-refractivity contribution in [2.75, 3.05) is 18.2 Å². The van der Waals surface area contributed by atoms with Crippen LogP contribution < -0.4 is 5.32 Å². The van der Waals surface area contributed by atoms with Gasteiger partial charge in [0, 0.05) is 18.4 Å². The summed E-state index contributed by atoms with van der Waals surface area (Å²) in [4.78, 5) is 34.0. The second-order valence-electron chi connectivity index (χ2n) is 5.46. The number of hydrogen-bond acceptors (Lipinski definition) is 7. The molecule has 12 heteroatoms. The Morgan fingerprint density at radius 2 is 1.79 bits per heavy atom. The van der Waals surface area contributed by atoms with Crippen molar-refractivity contribution in [3.05, 3.63) is 62.1 Å². The van der Waals surface area contributed by atoms with Crippen molar-refractivity contribution in [3.8, 4) is 0 Å². The molecule has 0 fully saturated rings. The maximum absolute atomic E-state index is 12.1. The number of nitro groups is 1. The largest absolute Gasteiger partial charge is 0.452 e. The molecule has 2 aromatic rings. The fourth-order valence-corrected chi connectivity index (χ4v) is 3.02. The van der Waals surface area contributed by atoms with Crippen molar-refractivity contribution in [2.24, 2.45) is 0 Å². The first kappa shape index (κ1) is 21.6. The zero-order valence-corrected chi connectivity index (χ0v) is 16.5. The highest BCUT2D eigenvalue weighted by Crippen LogP contribution is 2.26. The van der Waals surface area contributed by atoms with Gasteiger partial charge in [-0.1, -0.05) is 23.2 Å². The fraction of sp³-hybridized carbons (Fsp3) is 0.125. The van der Waals surface area contributed by atoms with Gasteiger partial charge >= 0.3 is 5.97 Å². The van der Waals surface area contributed by atoms with Gasteiger partial charge < -0.3 is 10.1 Å². The lowest BCUT2D eigenvalue weighted by Gasteiger charge is -2.09. The summed E-state index contributed by atoms with van der Waals surface area (Å²) in [6, 6.07) is 6.93. The maximum Gasteiger partial charge on any atom is 0.340 e. The molecule has 0 bridgehead atoms. The Morgan fingerprint density at radius 1 is 1.14 bits per heavy atom. The van der Waals surface area contributed by atoms with Crippen molar-refractivity contribution in [1.82, 2.24) is 0 Å². The van der Waals surface area contributed by atoms with E-state index in [2.05, 4.69) is 5.32 Å². The molecule has 0 aliphatic carbocycles. The number of nitrogens with one attached hydrogen (secondary N) is 1. The Balaban J connectivity index is 2.09. The smallest absolute Gasteiger partial charge is 0.340 e. The average Bonchev–Trinajstić information content (AvgIpc) is 2.60. The number of rotatable bonds is 6. The molecule has 0 aromatic heterocycles. The number of carbonyl (C=O) groups is 2. The number of carbonyl (C=O) groups excluding carboxylic acids is 2. The van der Waals surface area contributed by atoms with Crippen LogP contribution in [0.2, 0.25) is 10.0 Å². The van der Waals surface area contributed by atoms with E-state index in [9.17, 15) is 28.1 Å². The molecule has 0 saturated carbocycles. The Bertz CT molecular complexity index is 1070. The summed E-state index contributed by atoms with van der Waals surface area (Å²) in [5, 5.41) is 13.1. The van der Waals surface area contributed by atoms with Crippen molar-refractivity contribution >= 4 is 56.3 Å². The number of anilines is 1. The lowest BCUT2D eigenvalue weighted by Crippen LogP contribution is -2.21. The topological polar surface area (TPSA) is 133 Å². The number of esters is 1. The Hall–Kier alpha value is -2.69. The van der Waals surface area contributed by atoms with Crippen LogP contribution in [0.3, 0.4) is 0 Å². The molecule has 2 aromatic carbocycles. The average molecular weight is 447 g/mol. The zero-order chi connectivity index (χ0) is 21.1. The summed E-state index contributed by atoms with van der Waals surface area (Å²) < 4.78 is 28.0. The van der Waals surface area contributed by atoms with Gasteiger partial charge in [-0.15, -0.1) is 0 Å². The molecule has 1 amide bonds. The van der Waals surface area contributed by atoms with Gasteiger partial charge in [-0.3, -0.25) is 14.9 Å². The van der Waals surface area contributed by atoms with Crippen LogP contribution in [0.5, 0.6) is 0 Å². The highest BCUT2D eigenvalue weighted by Gasteiger charge is 2.18. The first-order valence-corrected chi connectivity index (χ1v) is 10.0. The Labute approximate surface area is 169 Å². The monoisotopic (exact) mass is 446 g/mol. The summed E-state index contributed by atoms with van der Waals surface area (Å²) in [5.41, 5.74) is -0.555. The Kier molecular flexibility index (Phi) is 6.60. The van der Waals surface area contributed by atoms with Crippen molar-refractivity contribution in [3.63, 3.8) is 0 Å². The number of halogens is 2. The molecule has 0 heterocycles. The van der Waals surface area contributed by atoms with Crippen LogP contribution in [-0.4, -0.2) is 38.1 Å². The predicted molar refractivity (Wildman–Crippen MR) is 102 cm³/mol. The summed E-state index contributed by atoms with van der Waals surface area (Å²) in [6.07, 6.45) is 0.960. The quantitative estimate of drug-likeness (QED) is 0.409. The van der Waals surface area contributed by atoms with Gasteiger partial charge in [0.05, 0.1) is 31.1 Å². The van der Waals surface area contributed by atoms with Crippen LogP contribution in [0.15, 0.2) is 41.3 Å². The van der Waals surface area contributed by atoms with E-state index in [0.29, 0.717) is 0 Å². The van der Waals surface area contributed by atoms with Crippen LogP contribution >= 0.6 is 23.2 Å². The molecule has 2 rings (SSSR count). The van der Waals surface area contributed by atoms with Crippen LogP contribution in [0.4, 0.5) is 11.4 Å². The minimum Gasteiger partial charge on any atom is -0.452 e. The van der Waals surface area contributed by atoms with E-state index in [-0.39, 0.29) is 31.9 Å². The number of nitro benzene ring substituents is 1. The van der Waals surface area contributed by atoms with E-state index in [4.69, 9.17) is 27.9 Å². The van der Waals surface area contributed by atoms with Gasteiger partial charge in [-0.2, -0.15) is 0 Å². The SMILES string of the molecule is CS(=O)(=O)c1ccc(Cl)c(C(=O)OCC(=O)Nc2cc([N+](=O)[O-])ccc2Cl)c1. The molecule has 148 valence electrons. The summed E-state index contributed by atoms with van der Waals surface area (Å²) in [7, 11) is -3.58. The standard InChI is InChI=1S/C16H12Cl2N2O7S/c1-28(25,26)10-3-5-12(17)11(7-10)16(22)27-8-15(21)19-14-6-9(20(23)24)2-4-13(14)18/h2-7H,8H2,1H3,(H,19,21). The van der Waals surface area contributed by atoms with Gasteiger partial charge in [0.2, 0.25) is 0 Å². The second-order valence-corrected chi connectivity index (χ2v) is 8.29. The van der Waals surface area contributed by atoms with E-state index >= 15 is 0 Å². The number of benzene rings is 2. The van der Waals surface area contributed by atoms with Gasteiger partial charge in [0.25, 0.3) is 11.6 Å². The summed E-state index contributed by atoms with van der Waals surface area (Å²) >= 11 is 11.7. The molecular formula is C16H12Cl2N2O7S. The lowest BCUT2D eigenvalue weighted by atomic mass is 10.2. The fourth-order valence-electron chi connectivity index (χ4n) is 2.01. The predicted octanol–water partition coefficient (Wildman–Crippen LogP) is 3.10. The highest BCUT2D eigenvalue weighted by molar-refractivity contribution is 7.90. The molecule has 9 nitrogen and oxygen atoms in total. The summed E-state index contributed by atoms with van der Waals surface area (Å²) in [5.74, 6) is -1.83. The van der Waals surface area contributed by atoms with Crippen LogP contribution in [0.1, 0.15) is 10.4 Å². The number of nitrogens with zero attached hydrogens (tertiary/aromatic N) is 1. The number of hydrogen-bond donors (Lipinski definition) is 1. The molecule has 0 saturated heterocycles. The first-order chi connectivity index (χ1) is 13.0. The maximum atomic E-state index is 12.1. The van der Waals surface area contributed by atoms with E-state index in [1.165, 1.54) is 18.2 Å². The third-order valence-electron chi connectivity index (χ3n) is 3.36. The number of ether oxygens (including phenoxy) is 1. The minimum atomic E-state index is -3.58. The van der Waals surface area contributed by atoms with Gasteiger partial charge in [-0.05, 0) is 24.3 Å². The molecule has 1 N–H and O–H groups in total. The lowest BCUT2D eigenvalue weighted by molar-refractivity contribution is -0.384. The third kappa shape index (κ3) is 5.41. The number of amides is 1. The van der Waals surface area contributed by atoms with Crippen LogP contribution in [0.25, 0.3) is 0 Å². The van der Waals surface area contributed by atoms with Crippen molar-refractivity contribution in [1.29, 1.82) is 0 Å². The molecular weight excluding hydrogens is 435 g/mol. The molecule has 28 heavy (non-hydrogen) atoms. The van der Waals surface area contributed by atoms with Gasteiger partial charge in [-0.25, -0.2) is 13.2 Å².